The summed E-state index contributed by atoms with van der Waals surface area (Å²) in [5.41, 5.74) is 5.28. The predicted molar refractivity (Wildman–Crippen MR) is 91.3 cm³/mol. The Morgan fingerprint density at radius 1 is 1.00 bits per heavy atom. The van der Waals surface area contributed by atoms with Crippen LogP contribution in [0.3, 0.4) is 0 Å². The predicted octanol–water partition coefficient (Wildman–Crippen LogP) is 5.67. The molecule has 0 saturated heterocycles. The summed E-state index contributed by atoms with van der Waals surface area (Å²) in [4.78, 5) is 0. The summed E-state index contributed by atoms with van der Waals surface area (Å²) in [6.07, 6.45) is 0. The Labute approximate surface area is 130 Å². The molecule has 0 aromatic heterocycles. The lowest BCUT2D eigenvalue weighted by Crippen LogP contribution is -2.11. The van der Waals surface area contributed by atoms with Crippen LogP contribution in [0.4, 0.5) is 5.69 Å². The van der Waals surface area contributed by atoms with Gasteiger partial charge in [0, 0.05) is 16.7 Å². The van der Waals surface area contributed by atoms with Gasteiger partial charge >= 0.3 is 0 Å². The number of aryl methyl sites for hydroxylation is 1. The summed E-state index contributed by atoms with van der Waals surface area (Å²) in [7, 11) is 0. The summed E-state index contributed by atoms with van der Waals surface area (Å²) in [6.45, 7) is 9.66. The Kier molecular flexibility index (Phi) is 4.54. The SMILES string of the molecule is Cc1ccc(NCc2ccc(C(C)(C)C)cc2)c(Br)c1. The fraction of sp³-hybridized carbons (Fsp3) is 0.333. The number of rotatable bonds is 3. The molecule has 2 heteroatoms. The lowest BCUT2D eigenvalue weighted by Gasteiger charge is -2.19. The highest BCUT2D eigenvalue weighted by Crippen LogP contribution is 2.25. The molecule has 0 saturated carbocycles. The summed E-state index contributed by atoms with van der Waals surface area (Å²) >= 11 is 3.60. The van der Waals surface area contributed by atoms with Crippen LogP contribution >= 0.6 is 15.9 Å². The topological polar surface area (TPSA) is 12.0 Å². The minimum atomic E-state index is 0.214. The molecule has 0 heterocycles. The van der Waals surface area contributed by atoms with Crippen molar-refractivity contribution in [3.8, 4) is 0 Å². The van der Waals surface area contributed by atoms with Crippen molar-refractivity contribution in [1.82, 2.24) is 0 Å². The van der Waals surface area contributed by atoms with Crippen molar-refractivity contribution in [3.63, 3.8) is 0 Å². The molecular weight excluding hydrogens is 310 g/mol. The van der Waals surface area contributed by atoms with Crippen molar-refractivity contribution in [2.45, 2.75) is 39.7 Å². The van der Waals surface area contributed by atoms with E-state index in [1.54, 1.807) is 0 Å². The van der Waals surface area contributed by atoms with E-state index in [0.29, 0.717) is 0 Å². The Bertz CT molecular complexity index is 579. The van der Waals surface area contributed by atoms with Gasteiger partial charge in [0.25, 0.3) is 0 Å². The van der Waals surface area contributed by atoms with E-state index < -0.39 is 0 Å². The van der Waals surface area contributed by atoms with Crippen LogP contribution in [0.1, 0.15) is 37.5 Å². The molecule has 20 heavy (non-hydrogen) atoms. The first-order valence-electron chi connectivity index (χ1n) is 6.96. The molecule has 1 N–H and O–H groups in total. The molecule has 0 spiro atoms. The summed E-state index contributed by atoms with van der Waals surface area (Å²) in [5, 5.41) is 3.47. The zero-order valence-corrected chi connectivity index (χ0v) is 14.2. The first-order valence-corrected chi connectivity index (χ1v) is 7.75. The number of halogens is 1. The third kappa shape index (κ3) is 3.86. The molecule has 2 aromatic rings. The van der Waals surface area contributed by atoms with E-state index in [1.165, 1.54) is 16.7 Å². The van der Waals surface area contributed by atoms with Gasteiger partial charge in [0.15, 0.2) is 0 Å². The van der Waals surface area contributed by atoms with Crippen LogP contribution in [0, 0.1) is 6.92 Å². The highest BCUT2D eigenvalue weighted by Gasteiger charge is 2.12. The van der Waals surface area contributed by atoms with Crippen LogP contribution in [0.15, 0.2) is 46.9 Å². The summed E-state index contributed by atoms with van der Waals surface area (Å²) < 4.78 is 1.11. The minimum Gasteiger partial charge on any atom is -0.380 e. The van der Waals surface area contributed by atoms with Crippen molar-refractivity contribution in [2.75, 3.05) is 5.32 Å². The highest BCUT2D eigenvalue weighted by molar-refractivity contribution is 9.10. The van der Waals surface area contributed by atoms with Crippen molar-refractivity contribution in [3.05, 3.63) is 63.6 Å². The van der Waals surface area contributed by atoms with E-state index in [1.807, 2.05) is 0 Å². The van der Waals surface area contributed by atoms with E-state index in [2.05, 4.69) is 91.4 Å². The molecule has 1 nitrogen and oxygen atoms in total. The number of benzene rings is 2. The van der Waals surface area contributed by atoms with Gasteiger partial charge in [-0.2, -0.15) is 0 Å². The van der Waals surface area contributed by atoms with E-state index in [-0.39, 0.29) is 5.41 Å². The second-order valence-corrected chi connectivity index (χ2v) is 7.14. The maximum Gasteiger partial charge on any atom is 0.0487 e. The van der Waals surface area contributed by atoms with Crippen LogP contribution in [0.25, 0.3) is 0 Å². The van der Waals surface area contributed by atoms with Gasteiger partial charge in [-0.05, 0) is 57.1 Å². The second kappa shape index (κ2) is 6.01. The highest BCUT2D eigenvalue weighted by atomic mass is 79.9. The quantitative estimate of drug-likeness (QED) is 0.764. The lowest BCUT2D eigenvalue weighted by molar-refractivity contribution is 0.590. The Balaban J connectivity index is 2.04. The normalized spacial score (nSPS) is 11.4. The van der Waals surface area contributed by atoms with Gasteiger partial charge < -0.3 is 5.32 Å². The molecule has 106 valence electrons. The molecular formula is C18H22BrN. The average molecular weight is 332 g/mol. The molecule has 0 atom stereocenters. The number of hydrogen-bond acceptors (Lipinski definition) is 1. The molecule has 0 bridgehead atoms. The fourth-order valence-corrected chi connectivity index (χ4v) is 2.72. The maximum absolute atomic E-state index is 3.60. The first-order chi connectivity index (χ1) is 9.36. The minimum absolute atomic E-state index is 0.214. The number of hydrogen-bond donors (Lipinski definition) is 1. The number of anilines is 1. The Hall–Kier alpha value is -1.28. The third-order valence-electron chi connectivity index (χ3n) is 3.43. The molecule has 0 unspecified atom stereocenters. The van der Waals surface area contributed by atoms with Gasteiger partial charge in [-0.15, -0.1) is 0 Å². The van der Waals surface area contributed by atoms with E-state index in [9.17, 15) is 0 Å². The van der Waals surface area contributed by atoms with Crippen molar-refractivity contribution >= 4 is 21.6 Å². The molecule has 0 aliphatic carbocycles. The van der Waals surface area contributed by atoms with Crippen LogP contribution < -0.4 is 5.32 Å². The van der Waals surface area contributed by atoms with Gasteiger partial charge in [-0.3, -0.25) is 0 Å². The molecule has 2 rings (SSSR count). The summed E-state index contributed by atoms with van der Waals surface area (Å²) in [6, 6.07) is 15.2. The third-order valence-corrected chi connectivity index (χ3v) is 4.08. The molecule has 2 aromatic carbocycles. The molecule has 0 aliphatic rings. The zero-order valence-electron chi connectivity index (χ0n) is 12.6. The van der Waals surface area contributed by atoms with Crippen molar-refractivity contribution in [1.29, 1.82) is 0 Å². The molecule has 0 radical (unpaired) electrons. The Morgan fingerprint density at radius 2 is 1.65 bits per heavy atom. The maximum atomic E-state index is 3.60. The van der Waals surface area contributed by atoms with Gasteiger partial charge in [0.1, 0.15) is 0 Å². The zero-order chi connectivity index (χ0) is 14.8. The second-order valence-electron chi connectivity index (χ2n) is 6.28. The van der Waals surface area contributed by atoms with Crippen molar-refractivity contribution in [2.24, 2.45) is 0 Å². The van der Waals surface area contributed by atoms with Gasteiger partial charge in [-0.25, -0.2) is 0 Å². The van der Waals surface area contributed by atoms with Crippen LogP contribution in [0.2, 0.25) is 0 Å². The Morgan fingerprint density at radius 3 is 2.20 bits per heavy atom. The van der Waals surface area contributed by atoms with E-state index in [4.69, 9.17) is 0 Å². The monoisotopic (exact) mass is 331 g/mol. The average Bonchev–Trinajstić information content (AvgIpc) is 2.37. The lowest BCUT2D eigenvalue weighted by atomic mass is 9.87. The van der Waals surface area contributed by atoms with Crippen LogP contribution in [-0.2, 0) is 12.0 Å². The largest absolute Gasteiger partial charge is 0.380 e. The molecule has 0 amide bonds. The molecule has 0 aliphatic heterocycles. The standard InChI is InChI=1S/C18H22BrN/c1-13-5-10-17(16(19)11-13)20-12-14-6-8-15(9-7-14)18(2,3)4/h5-11,20H,12H2,1-4H3. The fourth-order valence-electron chi connectivity index (χ4n) is 2.08. The number of nitrogens with one attached hydrogen (secondary N) is 1. The summed E-state index contributed by atoms with van der Waals surface area (Å²) in [5.74, 6) is 0. The smallest absolute Gasteiger partial charge is 0.0487 e. The molecule has 0 fully saturated rings. The van der Waals surface area contributed by atoms with Crippen molar-refractivity contribution < 1.29 is 0 Å². The van der Waals surface area contributed by atoms with Gasteiger partial charge in [-0.1, -0.05) is 51.1 Å². The van der Waals surface area contributed by atoms with E-state index >= 15 is 0 Å². The van der Waals surface area contributed by atoms with Crippen LogP contribution in [0.5, 0.6) is 0 Å². The first kappa shape index (κ1) is 15.1. The van der Waals surface area contributed by atoms with Gasteiger partial charge in [0.2, 0.25) is 0 Å². The van der Waals surface area contributed by atoms with Gasteiger partial charge in [0.05, 0.1) is 0 Å². The van der Waals surface area contributed by atoms with Crippen LogP contribution in [-0.4, -0.2) is 0 Å². The van der Waals surface area contributed by atoms with E-state index in [0.717, 1.165) is 16.7 Å².